The fourth-order valence-corrected chi connectivity index (χ4v) is 9.26. The molecule has 6 atom stereocenters. The zero-order chi connectivity index (χ0) is 40.4. The molecule has 56 heavy (non-hydrogen) atoms. The van der Waals surface area contributed by atoms with Crippen molar-refractivity contribution in [1.82, 2.24) is 45.9 Å². The Kier molecular flexibility index (Phi) is 12.5. The van der Waals surface area contributed by atoms with E-state index in [2.05, 4.69) is 36.1 Å². The topological polar surface area (TPSA) is 203 Å². The number of hydrogen-bond donors (Lipinski definition) is 4. The molecule has 1 spiro atoms. The molecule has 4 N–H and O–H groups in total. The first-order valence-corrected chi connectivity index (χ1v) is 20.6. The molecule has 0 bridgehead atoms. The number of amides is 6. The number of carbonyl (C=O) groups excluding carboxylic acids is 7. The lowest BCUT2D eigenvalue weighted by Crippen LogP contribution is -2.62. The maximum atomic E-state index is 15.1. The highest BCUT2D eigenvalue weighted by atomic mass is 16.2. The molecule has 3 saturated heterocycles. The van der Waals surface area contributed by atoms with Crippen LogP contribution < -0.4 is 21.3 Å². The molecular formula is C40H59N9O7. The highest BCUT2D eigenvalue weighted by Gasteiger charge is 2.64. The number of hydrogen-bond acceptors (Lipinski definition) is 10. The number of ketones is 1. The van der Waals surface area contributed by atoms with E-state index in [-0.39, 0.29) is 49.0 Å². The van der Waals surface area contributed by atoms with Crippen molar-refractivity contribution in [3.8, 4) is 0 Å². The van der Waals surface area contributed by atoms with E-state index in [0.717, 1.165) is 51.4 Å². The molecule has 16 nitrogen and oxygen atoms in total. The lowest BCUT2D eigenvalue weighted by atomic mass is 9.82. The largest absolute Gasteiger partial charge is 0.347 e. The van der Waals surface area contributed by atoms with Gasteiger partial charge in [0.2, 0.25) is 29.4 Å². The zero-order valence-electron chi connectivity index (χ0n) is 33.5. The van der Waals surface area contributed by atoms with Crippen LogP contribution in [0.3, 0.4) is 0 Å². The minimum atomic E-state index is -1.14. The average molecular weight is 778 g/mol. The molecular weight excluding hydrogens is 718 g/mol. The second-order valence-electron chi connectivity index (χ2n) is 17.3. The van der Waals surface area contributed by atoms with Crippen LogP contribution >= 0.6 is 0 Å². The van der Waals surface area contributed by atoms with Gasteiger partial charge in [-0.1, -0.05) is 53.4 Å². The first kappa shape index (κ1) is 41.2. The van der Waals surface area contributed by atoms with Crippen LogP contribution in [0.4, 0.5) is 0 Å². The molecule has 6 rings (SSSR count). The summed E-state index contributed by atoms with van der Waals surface area (Å²) in [6.45, 7) is 10.2. The van der Waals surface area contributed by atoms with Crippen LogP contribution in [-0.4, -0.2) is 127 Å². The molecule has 306 valence electrons. The molecule has 2 saturated carbocycles. The van der Waals surface area contributed by atoms with Gasteiger partial charge in [-0.15, -0.1) is 0 Å². The quantitative estimate of drug-likeness (QED) is 0.200. The normalized spacial score (nSPS) is 25.7. The predicted octanol–water partition coefficient (Wildman–Crippen LogP) is 1.44. The van der Waals surface area contributed by atoms with Crippen molar-refractivity contribution < 1.29 is 33.6 Å². The number of nitrogens with zero attached hydrogens (tertiary/aromatic N) is 5. The Hall–Kier alpha value is -4.47. The van der Waals surface area contributed by atoms with Crippen molar-refractivity contribution >= 4 is 41.2 Å². The number of carbonyl (C=O) groups is 7. The molecule has 4 heterocycles. The van der Waals surface area contributed by atoms with Crippen molar-refractivity contribution in [1.29, 1.82) is 0 Å². The predicted molar refractivity (Wildman–Crippen MR) is 204 cm³/mol. The molecule has 16 heteroatoms. The maximum Gasteiger partial charge on any atom is 0.289 e. The molecule has 1 aromatic heterocycles. The summed E-state index contributed by atoms with van der Waals surface area (Å²) in [6, 6.07) is -4.71. The van der Waals surface area contributed by atoms with Crippen LogP contribution in [-0.2, 0) is 28.8 Å². The summed E-state index contributed by atoms with van der Waals surface area (Å²) in [5.41, 5.74) is -1.76. The van der Waals surface area contributed by atoms with E-state index in [4.69, 9.17) is 0 Å². The van der Waals surface area contributed by atoms with Gasteiger partial charge in [-0.05, 0) is 63.2 Å². The van der Waals surface area contributed by atoms with Crippen LogP contribution in [0.15, 0.2) is 18.6 Å². The lowest BCUT2D eigenvalue weighted by Gasteiger charge is -2.40. The molecule has 6 amide bonds. The average Bonchev–Trinajstić information content (AvgIpc) is 3.60. The lowest BCUT2D eigenvalue weighted by molar-refractivity contribution is -0.145. The van der Waals surface area contributed by atoms with Gasteiger partial charge in [-0.2, -0.15) is 0 Å². The van der Waals surface area contributed by atoms with Crippen LogP contribution in [0.2, 0.25) is 0 Å². The van der Waals surface area contributed by atoms with E-state index < -0.39 is 70.6 Å². The fraction of sp³-hybridized carbons (Fsp3) is 0.725. The second-order valence-corrected chi connectivity index (χ2v) is 17.3. The van der Waals surface area contributed by atoms with E-state index in [9.17, 15) is 28.8 Å². The SMILES string of the molecule is CCCC(NC(=O)[C@@H]1CC2(CN1C(=O)[C@@H](NC(=O)[C@@H](NC(=O)c1cnccn1)C1CCCCC1)C(C)(C)C)N(CC)C(=O)[C@@H]1CCCN12)C(=O)C(=O)NC1CC1. The number of likely N-dealkylation sites (N-methyl/N-ethyl adjacent to an activating group) is 1. The Morgan fingerprint density at radius 3 is 2.29 bits per heavy atom. The molecule has 2 unspecified atom stereocenters. The number of aromatic nitrogens is 2. The number of likely N-dealkylation sites (tertiary alicyclic amines) is 1. The molecule has 5 aliphatic rings. The van der Waals surface area contributed by atoms with Gasteiger partial charge in [0.1, 0.15) is 29.5 Å². The summed E-state index contributed by atoms with van der Waals surface area (Å²) in [4.78, 5) is 111. The third-order valence-electron chi connectivity index (χ3n) is 12.3. The third kappa shape index (κ3) is 8.44. The van der Waals surface area contributed by atoms with Crippen molar-refractivity contribution in [2.24, 2.45) is 11.3 Å². The van der Waals surface area contributed by atoms with Crippen LogP contribution in [0.25, 0.3) is 0 Å². The van der Waals surface area contributed by atoms with Gasteiger partial charge < -0.3 is 31.1 Å². The number of fused-ring (bicyclic) bond motifs is 2. The smallest absolute Gasteiger partial charge is 0.289 e. The Balaban J connectivity index is 1.31. The first-order chi connectivity index (χ1) is 26.7. The summed E-state index contributed by atoms with van der Waals surface area (Å²) >= 11 is 0. The van der Waals surface area contributed by atoms with Gasteiger partial charge in [-0.3, -0.25) is 43.4 Å². The van der Waals surface area contributed by atoms with Crippen LogP contribution in [0, 0.1) is 11.3 Å². The summed E-state index contributed by atoms with van der Waals surface area (Å²) in [5.74, 6) is -3.86. The summed E-state index contributed by atoms with van der Waals surface area (Å²) in [7, 11) is 0. The number of nitrogens with one attached hydrogen (secondary N) is 4. The summed E-state index contributed by atoms with van der Waals surface area (Å²) < 4.78 is 0. The number of rotatable bonds is 14. The van der Waals surface area contributed by atoms with Crippen molar-refractivity contribution in [3.63, 3.8) is 0 Å². The van der Waals surface area contributed by atoms with Crippen LogP contribution in [0.5, 0.6) is 0 Å². The molecule has 3 aliphatic heterocycles. The van der Waals surface area contributed by atoms with Gasteiger partial charge in [-0.25, -0.2) is 4.98 Å². The highest BCUT2D eigenvalue weighted by Crippen LogP contribution is 2.46. The van der Waals surface area contributed by atoms with E-state index in [1.165, 1.54) is 23.5 Å². The summed E-state index contributed by atoms with van der Waals surface area (Å²) in [6.07, 6.45) is 12.4. The van der Waals surface area contributed by atoms with Crippen molar-refractivity contribution in [2.45, 2.75) is 154 Å². The Morgan fingerprint density at radius 1 is 0.929 bits per heavy atom. The maximum absolute atomic E-state index is 15.1. The van der Waals surface area contributed by atoms with E-state index in [1.54, 1.807) is 4.90 Å². The minimum absolute atomic E-state index is 0.0203. The monoisotopic (exact) mass is 777 g/mol. The highest BCUT2D eigenvalue weighted by molar-refractivity contribution is 6.38. The molecule has 1 aromatic rings. The second kappa shape index (κ2) is 16.9. The van der Waals surface area contributed by atoms with E-state index in [0.29, 0.717) is 25.9 Å². The Morgan fingerprint density at radius 2 is 1.66 bits per heavy atom. The Bertz CT molecular complexity index is 1670. The molecule has 5 fully saturated rings. The van der Waals surface area contributed by atoms with Gasteiger partial charge in [0, 0.05) is 37.9 Å². The molecule has 0 aromatic carbocycles. The van der Waals surface area contributed by atoms with Gasteiger partial charge in [0.25, 0.3) is 11.8 Å². The minimum Gasteiger partial charge on any atom is -0.347 e. The van der Waals surface area contributed by atoms with Crippen molar-refractivity contribution in [3.05, 3.63) is 24.3 Å². The Labute approximate surface area is 329 Å². The van der Waals surface area contributed by atoms with Gasteiger partial charge in [0.05, 0.1) is 24.8 Å². The van der Waals surface area contributed by atoms with Crippen molar-refractivity contribution in [2.75, 3.05) is 19.6 Å². The van der Waals surface area contributed by atoms with E-state index in [1.807, 2.05) is 34.6 Å². The molecule has 2 aliphatic carbocycles. The number of Topliss-reactive ketones (excluding diaryl/α,β-unsaturated/α-hetero) is 1. The van der Waals surface area contributed by atoms with Gasteiger partial charge >= 0.3 is 0 Å². The third-order valence-corrected chi connectivity index (χ3v) is 12.3. The zero-order valence-corrected chi connectivity index (χ0v) is 33.5. The molecule has 0 radical (unpaired) electrons. The first-order valence-electron chi connectivity index (χ1n) is 20.6. The van der Waals surface area contributed by atoms with Crippen LogP contribution in [0.1, 0.15) is 122 Å². The standard InChI is InChI=1S/C40H59N9O7/c1-6-12-26(31(50)36(54)43-25-16-17-25)44-34(52)29-21-40(48(7-2)37(55)28-15-11-20-49(28)40)23-47(29)38(56)32(39(3,4)5)46-35(53)30(24-13-9-8-10-14-24)45-33(51)27-22-41-18-19-42-27/h18-19,22,24-26,28-30,32H,6-17,20-21,23H2,1-5H3,(H,43,54)(H,44,52)(H,45,51)(H,46,53)/t26?,28-,29-,30-,32+,40?/m0/s1. The van der Waals surface area contributed by atoms with E-state index >= 15 is 4.79 Å². The summed E-state index contributed by atoms with van der Waals surface area (Å²) in [5, 5.41) is 11.5. The fourth-order valence-electron chi connectivity index (χ4n) is 9.26. The van der Waals surface area contributed by atoms with Gasteiger partial charge in [0.15, 0.2) is 0 Å².